The van der Waals surface area contributed by atoms with Crippen molar-refractivity contribution in [3.8, 4) is 5.75 Å². The van der Waals surface area contributed by atoms with Crippen molar-refractivity contribution in [3.05, 3.63) is 24.0 Å². The first-order chi connectivity index (χ1) is 5.95. The van der Waals surface area contributed by atoms with Crippen molar-refractivity contribution < 1.29 is 73.5 Å². The Balaban J connectivity index is 0.00000169. The van der Waals surface area contributed by atoms with Crippen molar-refractivity contribution in [2.24, 2.45) is 0 Å². The van der Waals surface area contributed by atoms with Crippen LogP contribution >= 0.6 is 0 Å². The minimum atomic E-state index is -5.28. The summed E-state index contributed by atoms with van der Waals surface area (Å²) >= 11 is 0. The molecule has 0 spiro atoms. The molecule has 0 saturated heterocycles. The van der Waals surface area contributed by atoms with Gasteiger partial charge in [-0.1, -0.05) is 11.5 Å². The molecule has 0 atom stereocenters. The number of hydrogen-bond donors (Lipinski definition) is 0. The molecule has 1 aromatic rings. The molecule has 0 unspecified atom stereocenters. The fourth-order valence-corrected chi connectivity index (χ4v) is 0.900. The van der Waals surface area contributed by atoms with Crippen LogP contribution in [0.1, 0.15) is 0 Å². The topological polar surface area (TPSA) is 9.23 Å². The van der Waals surface area contributed by atoms with Crippen molar-refractivity contribution in [2.45, 2.75) is 0 Å². The molecule has 0 aliphatic carbocycles. The summed E-state index contributed by atoms with van der Waals surface area (Å²) in [4.78, 5) is 0. The van der Waals surface area contributed by atoms with E-state index in [9.17, 15) is 17.3 Å². The first-order valence-corrected chi connectivity index (χ1v) is 3.48. The maximum Gasteiger partial charge on any atom is 1.00 e. The summed E-state index contributed by atoms with van der Waals surface area (Å²) in [6, 6.07) is 2.46. The molecule has 0 bridgehead atoms. The van der Waals surface area contributed by atoms with Crippen molar-refractivity contribution in [1.82, 2.24) is 0 Å². The van der Waals surface area contributed by atoms with Gasteiger partial charge in [0.2, 0.25) is 0 Å². The van der Waals surface area contributed by atoms with E-state index in [1.54, 1.807) is 0 Å². The molecular weight excluding hydrogens is 226 g/mol. The molecule has 14 heavy (non-hydrogen) atoms. The Bertz CT molecular complexity index is 315. The van der Waals surface area contributed by atoms with E-state index < -0.39 is 18.3 Å². The Morgan fingerprint density at radius 2 is 1.79 bits per heavy atom. The Labute approximate surface area is 121 Å². The monoisotopic (exact) mass is 232 g/mol. The minimum absolute atomic E-state index is 0. The fraction of sp³-hybridized carbons (Fsp3) is 0.143. The van der Waals surface area contributed by atoms with Gasteiger partial charge >= 0.3 is 58.4 Å². The molecule has 0 N–H and O–H groups in total. The van der Waals surface area contributed by atoms with Crippen LogP contribution in [0.4, 0.5) is 17.3 Å². The zero-order valence-electron chi connectivity index (χ0n) is 7.73. The van der Waals surface area contributed by atoms with Crippen LogP contribution in [0.3, 0.4) is 0 Å². The molecule has 0 aliphatic heterocycles. The molecule has 0 aromatic heterocycles. The minimum Gasteiger partial charge on any atom is -0.497 e. The van der Waals surface area contributed by atoms with Gasteiger partial charge in [-0.3, -0.25) is 0 Å². The molecule has 0 fully saturated rings. The third-order valence-corrected chi connectivity index (χ3v) is 1.56. The first-order valence-electron chi connectivity index (χ1n) is 3.48. The van der Waals surface area contributed by atoms with Gasteiger partial charge in [0.15, 0.2) is 0 Å². The van der Waals surface area contributed by atoms with E-state index >= 15 is 0 Å². The summed E-state index contributed by atoms with van der Waals surface area (Å²) < 4.78 is 53.5. The maximum absolute atomic E-state index is 12.7. The van der Waals surface area contributed by atoms with E-state index in [-0.39, 0.29) is 57.1 Å². The van der Waals surface area contributed by atoms with Gasteiger partial charge in [0.05, 0.1) is 12.9 Å². The molecule has 7 heteroatoms. The molecule has 1 aromatic carbocycles. The zero-order chi connectivity index (χ0) is 10.1. The fourth-order valence-electron chi connectivity index (χ4n) is 0.900. The second-order valence-electron chi connectivity index (χ2n) is 2.46. The molecule has 72 valence electrons. The molecule has 0 amide bonds. The summed E-state index contributed by atoms with van der Waals surface area (Å²) in [6.45, 7) is -5.28. The van der Waals surface area contributed by atoms with Crippen molar-refractivity contribution >= 4 is 12.4 Å². The Morgan fingerprint density at radius 1 is 1.21 bits per heavy atom. The normalized spacial score (nSPS) is 10.6. The Morgan fingerprint density at radius 3 is 2.14 bits per heavy atom. The predicted octanol–water partition coefficient (Wildman–Crippen LogP) is -1.11. The van der Waals surface area contributed by atoms with Crippen LogP contribution in [0.2, 0.25) is 0 Å². The van der Waals surface area contributed by atoms with E-state index in [2.05, 4.69) is 4.74 Å². The summed E-state index contributed by atoms with van der Waals surface area (Å²) in [7, 11) is 1.26. The molecule has 0 aliphatic rings. The van der Waals surface area contributed by atoms with Crippen molar-refractivity contribution in [1.29, 1.82) is 0 Å². The van der Waals surface area contributed by atoms with Gasteiger partial charge in [-0.15, -0.1) is 0 Å². The number of benzene rings is 1. The average molecular weight is 232 g/mol. The molecule has 0 radical (unpaired) electrons. The van der Waals surface area contributed by atoms with Crippen LogP contribution in [0.15, 0.2) is 18.2 Å². The van der Waals surface area contributed by atoms with Crippen LogP contribution in [-0.4, -0.2) is 14.1 Å². The van der Waals surface area contributed by atoms with E-state index in [4.69, 9.17) is 0 Å². The van der Waals surface area contributed by atoms with E-state index in [0.29, 0.717) is 12.1 Å². The number of halogens is 4. The summed E-state index contributed by atoms with van der Waals surface area (Å²) in [5.74, 6) is -1.23. The second-order valence-corrected chi connectivity index (χ2v) is 2.46. The molecular formula is C7H6BF4KO. The maximum atomic E-state index is 12.7. The number of hydrogen-bond acceptors (Lipinski definition) is 1. The Hall–Kier alpha value is 0.441. The summed E-state index contributed by atoms with van der Waals surface area (Å²) in [6.07, 6.45) is 0. The first kappa shape index (κ1) is 14.4. The Kier molecular flexibility index (Phi) is 5.68. The van der Waals surface area contributed by atoms with Crippen molar-refractivity contribution in [3.63, 3.8) is 0 Å². The van der Waals surface area contributed by atoms with Crippen molar-refractivity contribution in [2.75, 3.05) is 7.11 Å². The van der Waals surface area contributed by atoms with Crippen LogP contribution in [0.25, 0.3) is 0 Å². The number of rotatable bonds is 2. The second kappa shape index (κ2) is 5.50. The largest absolute Gasteiger partial charge is 1.00 e. The summed E-state index contributed by atoms with van der Waals surface area (Å²) in [5, 5.41) is 0. The van der Waals surface area contributed by atoms with Gasteiger partial charge in [0.1, 0.15) is 5.75 Å². The van der Waals surface area contributed by atoms with Gasteiger partial charge in [0.25, 0.3) is 0 Å². The zero-order valence-corrected chi connectivity index (χ0v) is 10.9. The average Bonchev–Trinajstić information content (AvgIpc) is 2.01. The van der Waals surface area contributed by atoms with Crippen LogP contribution < -0.4 is 61.6 Å². The molecule has 1 rings (SSSR count). The van der Waals surface area contributed by atoms with Gasteiger partial charge in [0, 0.05) is 6.07 Å². The third kappa shape index (κ3) is 3.54. The smallest absolute Gasteiger partial charge is 0.497 e. The van der Waals surface area contributed by atoms with Crippen LogP contribution in [0, 0.1) is 5.82 Å². The number of methoxy groups -OCH3 is 1. The number of ether oxygens (including phenoxy) is 1. The van der Waals surface area contributed by atoms with Gasteiger partial charge in [-0.25, -0.2) is 4.39 Å². The third-order valence-electron chi connectivity index (χ3n) is 1.56. The van der Waals surface area contributed by atoms with E-state index in [1.807, 2.05) is 0 Å². The molecule has 0 saturated carbocycles. The van der Waals surface area contributed by atoms with Gasteiger partial charge in [-0.2, -0.15) is 0 Å². The van der Waals surface area contributed by atoms with Gasteiger partial charge in [-0.05, 0) is 6.07 Å². The van der Waals surface area contributed by atoms with Crippen LogP contribution in [-0.2, 0) is 0 Å². The molecule has 0 heterocycles. The quantitative estimate of drug-likeness (QED) is 0.464. The standard InChI is InChI=1S/C7H6BF4O.K/c1-13-5-2-3-6(7(9)4-5)8(10,11)12;/h2-4H,1H3;/q-1;+1. The SMILES string of the molecule is COc1ccc([B-](F)(F)F)c(F)c1.[K+]. The van der Waals surface area contributed by atoms with Crippen LogP contribution in [0.5, 0.6) is 5.75 Å². The summed E-state index contributed by atoms with van der Waals surface area (Å²) in [5.41, 5.74) is -1.22. The molecule has 1 nitrogen and oxygen atoms in total. The van der Waals surface area contributed by atoms with E-state index in [1.165, 1.54) is 7.11 Å². The predicted molar refractivity (Wildman–Crippen MR) is 41.7 cm³/mol. The van der Waals surface area contributed by atoms with Gasteiger partial charge < -0.3 is 17.7 Å². The van der Waals surface area contributed by atoms with E-state index in [0.717, 1.165) is 6.07 Å².